The molecule has 112 valence electrons. The van der Waals surface area contributed by atoms with Crippen LogP contribution in [0.3, 0.4) is 0 Å². The minimum absolute atomic E-state index is 0.657. The van der Waals surface area contributed by atoms with E-state index in [4.69, 9.17) is 10.5 Å². The van der Waals surface area contributed by atoms with Gasteiger partial charge in [0.15, 0.2) is 0 Å². The van der Waals surface area contributed by atoms with Crippen molar-refractivity contribution in [2.75, 3.05) is 39.0 Å². The van der Waals surface area contributed by atoms with E-state index in [0.717, 1.165) is 24.4 Å². The molecule has 1 aromatic carbocycles. The van der Waals surface area contributed by atoms with Gasteiger partial charge in [0.05, 0.1) is 7.11 Å². The molecule has 1 saturated heterocycles. The number of nitrogens with two attached hydrogens (primary N) is 1. The predicted molar refractivity (Wildman–Crippen MR) is 84.2 cm³/mol. The van der Waals surface area contributed by atoms with Crippen molar-refractivity contribution in [1.82, 2.24) is 10.2 Å². The third kappa shape index (κ3) is 4.12. The molecule has 20 heavy (non-hydrogen) atoms. The zero-order valence-corrected chi connectivity index (χ0v) is 12.7. The largest absolute Gasteiger partial charge is 0.497 e. The maximum Gasteiger partial charge on any atom is 0.119 e. The number of nitrogens with one attached hydrogen (secondary N) is 1. The summed E-state index contributed by atoms with van der Waals surface area (Å²) in [5.74, 6) is 0.880. The van der Waals surface area contributed by atoms with Crippen LogP contribution in [0.25, 0.3) is 0 Å². The zero-order valence-electron chi connectivity index (χ0n) is 12.7. The van der Waals surface area contributed by atoms with E-state index in [-0.39, 0.29) is 0 Å². The number of likely N-dealkylation sites (tertiary alicyclic amines) is 1. The first-order valence-electron chi connectivity index (χ1n) is 7.61. The van der Waals surface area contributed by atoms with Crippen LogP contribution in [-0.4, -0.2) is 44.2 Å². The molecule has 0 saturated carbocycles. The Morgan fingerprint density at radius 1 is 1.35 bits per heavy atom. The van der Waals surface area contributed by atoms with Crippen LogP contribution in [0.15, 0.2) is 18.2 Å². The lowest BCUT2D eigenvalue weighted by molar-refractivity contribution is 0.207. The Labute approximate surface area is 122 Å². The van der Waals surface area contributed by atoms with Gasteiger partial charge < -0.3 is 20.7 Å². The number of nitrogen functional groups attached to an aromatic ring is 1. The number of nitrogens with zero attached hydrogens (tertiary/aromatic N) is 1. The third-order valence-corrected chi connectivity index (χ3v) is 4.21. The molecule has 1 aliphatic heterocycles. The fraction of sp³-hybridized carbons (Fsp3) is 0.625. The molecule has 1 heterocycles. The summed E-state index contributed by atoms with van der Waals surface area (Å²) in [6, 6.07) is 6.53. The third-order valence-electron chi connectivity index (χ3n) is 4.21. The molecule has 1 aliphatic rings. The maximum absolute atomic E-state index is 6.01. The Kier molecular flexibility index (Phi) is 5.68. The van der Waals surface area contributed by atoms with Crippen LogP contribution in [-0.2, 0) is 6.42 Å². The van der Waals surface area contributed by atoms with Gasteiger partial charge in [-0.05, 0) is 69.2 Å². The van der Waals surface area contributed by atoms with Gasteiger partial charge in [-0.3, -0.25) is 0 Å². The van der Waals surface area contributed by atoms with Crippen molar-refractivity contribution in [2.45, 2.75) is 32.2 Å². The lowest BCUT2D eigenvalue weighted by atomic mass is 10.0. The second-order valence-corrected chi connectivity index (χ2v) is 5.48. The molecule has 0 aliphatic carbocycles. The van der Waals surface area contributed by atoms with Gasteiger partial charge in [-0.25, -0.2) is 0 Å². The Hall–Kier alpha value is -1.26. The van der Waals surface area contributed by atoms with E-state index in [9.17, 15) is 0 Å². The predicted octanol–water partition coefficient (Wildman–Crippen LogP) is 1.89. The highest BCUT2D eigenvalue weighted by atomic mass is 16.5. The first-order valence-corrected chi connectivity index (χ1v) is 7.61. The SMILES string of the molecule is CCN1CCC(NCCc2cc(OC)ccc2N)CC1. The van der Waals surface area contributed by atoms with Crippen LogP contribution in [0.4, 0.5) is 5.69 Å². The highest BCUT2D eigenvalue weighted by Crippen LogP contribution is 2.19. The van der Waals surface area contributed by atoms with Crippen molar-refractivity contribution in [1.29, 1.82) is 0 Å². The van der Waals surface area contributed by atoms with Crippen molar-refractivity contribution >= 4 is 5.69 Å². The van der Waals surface area contributed by atoms with E-state index >= 15 is 0 Å². The van der Waals surface area contributed by atoms with E-state index < -0.39 is 0 Å². The summed E-state index contributed by atoms with van der Waals surface area (Å²) in [6.07, 6.45) is 3.46. The normalized spacial score (nSPS) is 17.3. The fourth-order valence-corrected chi connectivity index (χ4v) is 2.79. The van der Waals surface area contributed by atoms with Gasteiger partial charge in [0.25, 0.3) is 0 Å². The van der Waals surface area contributed by atoms with E-state index in [1.54, 1.807) is 7.11 Å². The summed E-state index contributed by atoms with van der Waals surface area (Å²) in [6.45, 7) is 6.82. The molecule has 4 heteroatoms. The van der Waals surface area contributed by atoms with E-state index in [2.05, 4.69) is 17.1 Å². The van der Waals surface area contributed by atoms with Gasteiger partial charge in [0.1, 0.15) is 5.75 Å². The minimum Gasteiger partial charge on any atom is -0.497 e. The van der Waals surface area contributed by atoms with E-state index in [1.807, 2.05) is 18.2 Å². The molecule has 4 nitrogen and oxygen atoms in total. The summed E-state index contributed by atoms with van der Waals surface area (Å²) in [5, 5.41) is 3.66. The number of anilines is 1. The molecule has 0 radical (unpaired) electrons. The first kappa shape index (κ1) is 15.1. The Morgan fingerprint density at radius 2 is 2.10 bits per heavy atom. The minimum atomic E-state index is 0.657. The van der Waals surface area contributed by atoms with Gasteiger partial charge in [-0.1, -0.05) is 6.92 Å². The molecule has 0 spiro atoms. The molecule has 0 bridgehead atoms. The average molecular weight is 277 g/mol. The molecule has 0 amide bonds. The number of benzene rings is 1. The number of hydrogen-bond donors (Lipinski definition) is 2. The van der Waals surface area contributed by atoms with Crippen molar-refractivity contribution in [3.05, 3.63) is 23.8 Å². The van der Waals surface area contributed by atoms with Crippen LogP contribution in [0, 0.1) is 0 Å². The number of methoxy groups -OCH3 is 1. The van der Waals surface area contributed by atoms with Crippen LogP contribution >= 0.6 is 0 Å². The van der Waals surface area contributed by atoms with Crippen molar-refractivity contribution in [3.63, 3.8) is 0 Å². The Bertz CT molecular complexity index is 414. The number of piperidine rings is 1. The Balaban J connectivity index is 1.76. The van der Waals surface area contributed by atoms with Crippen molar-refractivity contribution in [2.24, 2.45) is 0 Å². The van der Waals surface area contributed by atoms with Crippen LogP contribution in [0.5, 0.6) is 5.75 Å². The van der Waals surface area contributed by atoms with E-state index in [1.165, 1.54) is 38.0 Å². The standard InChI is InChI=1S/C16H27N3O/c1-3-19-10-7-14(8-11-19)18-9-6-13-12-15(20-2)4-5-16(13)17/h4-5,12,14,18H,3,6-11,17H2,1-2H3. The van der Waals surface area contributed by atoms with Gasteiger partial charge in [0.2, 0.25) is 0 Å². The van der Waals surface area contributed by atoms with E-state index in [0.29, 0.717) is 6.04 Å². The van der Waals surface area contributed by atoms with Crippen LogP contribution < -0.4 is 15.8 Å². The van der Waals surface area contributed by atoms with Crippen LogP contribution in [0.2, 0.25) is 0 Å². The summed E-state index contributed by atoms with van der Waals surface area (Å²) in [4.78, 5) is 2.51. The van der Waals surface area contributed by atoms with Crippen molar-refractivity contribution < 1.29 is 4.74 Å². The number of hydrogen-bond acceptors (Lipinski definition) is 4. The quantitative estimate of drug-likeness (QED) is 0.780. The summed E-state index contributed by atoms with van der Waals surface area (Å²) < 4.78 is 5.25. The molecule has 0 unspecified atom stereocenters. The van der Waals surface area contributed by atoms with Crippen LogP contribution in [0.1, 0.15) is 25.3 Å². The lowest BCUT2D eigenvalue weighted by Gasteiger charge is -2.31. The highest BCUT2D eigenvalue weighted by Gasteiger charge is 2.17. The summed E-state index contributed by atoms with van der Waals surface area (Å²) in [7, 11) is 1.69. The summed E-state index contributed by atoms with van der Waals surface area (Å²) >= 11 is 0. The molecule has 1 aromatic rings. The molecule has 3 N–H and O–H groups in total. The topological polar surface area (TPSA) is 50.5 Å². The average Bonchev–Trinajstić information content (AvgIpc) is 2.50. The number of rotatable bonds is 6. The van der Waals surface area contributed by atoms with Crippen molar-refractivity contribution in [3.8, 4) is 5.75 Å². The summed E-state index contributed by atoms with van der Waals surface area (Å²) in [5.41, 5.74) is 8.03. The van der Waals surface area contributed by atoms with Gasteiger partial charge in [0, 0.05) is 11.7 Å². The van der Waals surface area contributed by atoms with Gasteiger partial charge in [-0.2, -0.15) is 0 Å². The molecule has 0 aromatic heterocycles. The molecule has 0 atom stereocenters. The second-order valence-electron chi connectivity index (χ2n) is 5.48. The highest BCUT2D eigenvalue weighted by molar-refractivity contribution is 5.50. The monoisotopic (exact) mass is 277 g/mol. The first-order chi connectivity index (χ1) is 9.72. The Morgan fingerprint density at radius 3 is 2.75 bits per heavy atom. The maximum atomic E-state index is 6.01. The molecule has 2 rings (SSSR count). The fourth-order valence-electron chi connectivity index (χ4n) is 2.79. The van der Waals surface area contributed by atoms with Gasteiger partial charge >= 0.3 is 0 Å². The second kappa shape index (κ2) is 7.50. The smallest absolute Gasteiger partial charge is 0.119 e. The molecular weight excluding hydrogens is 250 g/mol. The molecule has 1 fully saturated rings. The molecular formula is C16H27N3O. The number of ether oxygens (including phenoxy) is 1. The zero-order chi connectivity index (χ0) is 14.4. The lowest BCUT2D eigenvalue weighted by Crippen LogP contribution is -2.42. The van der Waals surface area contributed by atoms with Gasteiger partial charge in [-0.15, -0.1) is 0 Å².